The topological polar surface area (TPSA) is 84.2 Å². The SMILES string of the molecule is C[C@@H](CNC(=O)c1nc(-c2ccnc(N3CCCCCC3)c2)no1)c1ccccc1. The number of rotatable bonds is 6. The van der Waals surface area contributed by atoms with Gasteiger partial charge in [-0.25, -0.2) is 4.98 Å². The molecule has 1 aliphatic heterocycles. The summed E-state index contributed by atoms with van der Waals surface area (Å²) in [6, 6.07) is 13.9. The third kappa shape index (κ3) is 4.84. The largest absolute Gasteiger partial charge is 0.357 e. The van der Waals surface area contributed by atoms with E-state index >= 15 is 0 Å². The van der Waals surface area contributed by atoms with Crippen molar-refractivity contribution in [3.63, 3.8) is 0 Å². The highest BCUT2D eigenvalue weighted by Gasteiger charge is 2.18. The summed E-state index contributed by atoms with van der Waals surface area (Å²) < 4.78 is 5.22. The number of aromatic nitrogens is 3. The van der Waals surface area contributed by atoms with Crippen molar-refractivity contribution < 1.29 is 9.32 Å². The summed E-state index contributed by atoms with van der Waals surface area (Å²) in [6.45, 7) is 4.58. The van der Waals surface area contributed by atoms with Gasteiger partial charge in [-0.2, -0.15) is 4.98 Å². The maximum atomic E-state index is 12.4. The first-order valence-electron chi connectivity index (χ1n) is 10.6. The van der Waals surface area contributed by atoms with Crippen LogP contribution in [0.15, 0.2) is 53.2 Å². The highest BCUT2D eigenvalue weighted by Crippen LogP contribution is 2.23. The first-order chi connectivity index (χ1) is 14.7. The van der Waals surface area contributed by atoms with Gasteiger partial charge < -0.3 is 14.7 Å². The van der Waals surface area contributed by atoms with Crippen LogP contribution in [0, 0.1) is 0 Å². The lowest BCUT2D eigenvalue weighted by Crippen LogP contribution is -2.27. The molecule has 3 heterocycles. The highest BCUT2D eigenvalue weighted by atomic mass is 16.5. The number of pyridine rings is 1. The minimum Gasteiger partial charge on any atom is -0.357 e. The first kappa shape index (κ1) is 20.1. The molecule has 0 radical (unpaired) electrons. The Morgan fingerprint density at radius 1 is 1.13 bits per heavy atom. The van der Waals surface area contributed by atoms with Gasteiger partial charge in [-0.1, -0.05) is 55.3 Å². The molecule has 1 saturated heterocycles. The molecule has 1 aliphatic rings. The van der Waals surface area contributed by atoms with Crippen LogP contribution in [0.25, 0.3) is 11.4 Å². The average Bonchev–Trinajstić information content (AvgIpc) is 3.13. The van der Waals surface area contributed by atoms with E-state index in [4.69, 9.17) is 4.52 Å². The van der Waals surface area contributed by atoms with E-state index in [0.29, 0.717) is 12.4 Å². The zero-order valence-corrected chi connectivity index (χ0v) is 17.3. The van der Waals surface area contributed by atoms with Crippen molar-refractivity contribution >= 4 is 11.7 Å². The standard InChI is InChI=1S/C23H27N5O2/c1-17(18-9-5-4-6-10-18)16-25-22(29)23-26-21(27-30-23)19-11-12-24-20(15-19)28-13-7-2-3-8-14-28/h4-6,9-12,15,17H,2-3,7-8,13-14,16H2,1H3,(H,25,29)/t17-/m0/s1. The molecular weight excluding hydrogens is 378 g/mol. The molecule has 7 nitrogen and oxygen atoms in total. The Labute approximate surface area is 176 Å². The van der Waals surface area contributed by atoms with Gasteiger partial charge in [0, 0.05) is 31.4 Å². The Morgan fingerprint density at radius 3 is 2.67 bits per heavy atom. The molecule has 3 aromatic rings. The molecule has 2 aromatic heterocycles. The van der Waals surface area contributed by atoms with Crippen LogP contribution in [0.4, 0.5) is 5.82 Å². The van der Waals surface area contributed by atoms with Crippen molar-refractivity contribution in [1.29, 1.82) is 0 Å². The molecule has 30 heavy (non-hydrogen) atoms. The average molecular weight is 406 g/mol. The van der Waals surface area contributed by atoms with E-state index < -0.39 is 0 Å². The van der Waals surface area contributed by atoms with Crippen molar-refractivity contribution in [2.45, 2.75) is 38.5 Å². The molecule has 0 unspecified atom stereocenters. The fourth-order valence-electron chi connectivity index (χ4n) is 3.68. The van der Waals surface area contributed by atoms with Crippen molar-refractivity contribution in [3.05, 3.63) is 60.1 Å². The number of carbonyl (C=O) groups excluding carboxylic acids is 1. The number of hydrogen-bond acceptors (Lipinski definition) is 6. The third-order valence-corrected chi connectivity index (χ3v) is 5.49. The van der Waals surface area contributed by atoms with E-state index in [9.17, 15) is 4.79 Å². The van der Waals surface area contributed by atoms with Crippen molar-refractivity contribution in [1.82, 2.24) is 20.4 Å². The molecule has 1 atom stereocenters. The van der Waals surface area contributed by atoms with Gasteiger partial charge >= 0.3 is 11.8 Å². The number of amides is 1. The Hall–Kier alpha value is -3.22. The Kier molecular flexibility index (Phi) is 6.37. The van der Waals surface area contributed by atoms with Gasteiger partial charge in [0.2, 0.25) is 5.82 Å². The van der Waals surface area contributed by atoms with Crippen LogP contribution in [-0.4, -0.2) is 40.7 Å². The van der Waals surface area contributed by atoms with Crippen LogP contribution in [0.1, 0.15) is 54.8 Å². The second-order valence-electron chi connectivity index (χ2n) is 7.75. The van der Waals surface area contributed by atoms with E-state index in [2.05, 4.69) is 32.3 Å². The maximum Gasteiger partial charge on any atom is 0.316 e. The molecule has 0 aliphatic carbocycles. The summed E-state index contributed by atoms with van der Waals surface area (Å²) in [5.41, 5.74) is 1.96. The smallest absolute Gasteiger partial charge is 0.316 e. The van der Waals surface area contributed by atoms with Crippen LogP contribution in [-0.2, 0) is 0 Å². The predicted molar refractivity (Wildman–Crippen MR) is 115 cm³/mol. The van der Waals surface area contributed by atoms with Gasteiger partial charge in [0.1, 0.15) is 5.82 Å². The molecule has 1 amide bonds. The monoisotopic (exact) mass is 405 g/mol. The summed E-state index contributed by atoms with van der Waals surface area (Å²) in [5, 5.41) is 6.88. The normalized spacial score (nSPS) is 15.4. The number of nitrogens with zero attached hydrogens (tertiary/aromatic N) is 4. The van der Waals surface area contributed by atoms with E-state index in [-0.39, 0.29) is 17.7 Å². The number of nitrogens with one attached hydrogen (secondary N) is 1. The fourth-order valence-corrected chi connectivity index (χ4v) is 3.68. The molecule has 4 rings (SSSR count). The zero-order chi connectivity index (χ0) is 20.8. The fraction of sp³-hybridized carbons (Fsp3) is 0.391. The lowest BCUT2D eigenvalue weighted by Gasteiger charge is -2.21. The number of anilines is 1. The molecule has 156 valence electrons. The Morgan fingerprint density at radius 2 is 1.90 bits per heavy atom. The molecule has 7 heteroatoms. The molecule has 1 fully saturated rings. The molecule has 0 bridgehead atoms. The minimum atomic E-state index is -0.363. The van der Waals surface area contributed by atoms with Crippen LogP contribution >= 0.6 is 0 Å². The van der Waals surface area contributed by atoms with Gasteiger partial charge in [-0.3, -0.25) is 4.79 Å². The van der Waals surface area contributed by atoms with E-state index in [1.54, 1.807) is 6.20 Å². The second kappa shape index (κ2) is 9.52. The van der Waals surface area contributed by atoms with Crippen molar-refractivity contribution in [2.75, 3.05) is 24.5 Å². The van der Waals surface area contributed by atoms with E-state index in [1.165, 1.54) is 31.2 Å². The summed E-state index contributed by atoms with van der Waals surface area (Å²) >= 11 is 0. The predicted octanol–water partition coefficient (Wildman–Crippen LogP) is 4.05. The Bertz CT molecular complexity index is 964. The van der Waals surface area contributed by atoms with Gasteiger partial charge in [-0.05, 0) is 36.5 Å². The van der Waals surface area contributed by atoms with Gasteiger partial charge in [-0.15, -0.1) is 0 Å². The number of benzene rings is 1. The molecule has 1 N–H and O–H groups in total. The molecule has 0 spiro atoms. The maximum absolute atomic E-state index is 12.4. The van der Waals surface area contributed by atoms with Crippen LogP contribution in [0.3, 0.4) is 0 Å². The summed E-state index contributed by atoms with van der Waals surface area (Å²) in [5.74, 6) is 1.11. The van der Waals surface area contributed by atoms with Crippen LogP contribution in [0.5, 0.6) is 0 Å². The van der Waals surface area contributed by atoms with Gasteiger partial charge in [0.25, 0.3) is 0 Å². The first-order valence-corrected chi connectivity index (χ1v) is 10.6. The molecular formula is C23H27N5O2. The summed E-state index contributed by atoms with van der Waals surface area (Å²) in [6.07, 6.45) is 6.65. The van der Waals surface area contributed by atoms with Crippen LogP contribution in [0.2, 0.25) is 0 Å². The molecule has 1 aromatic carbocycles. The highest BCUT2D eigenvalue weighted by molar-refractivity contribution is 5.89. The van der Waals surface area contributed by atoms with Crippen molar-refractivity contribution in [3.8, 4) is 11.4 Å². The Balaban J connectivity index is 1.41. The lowest BCUT2D eigenvalue weighted by molar-refractivity contribution is 0.0908. The number of hydrogen-bond donors (Lipinski definition) is 1. The second-order valence-corrected chi connectivity index (χ2v) is 7.75. The zero-order valence-electron chi connectivity index (χ0n) is 17.3. The lowest BCUT2D eigenvalue weighted by atomic mass is 10.0. The third-order valence-electron chi connectivity index (χ3n) is 5.49. The van der Waals surface area contributed by atoms with Crippen LogP contribution < -0.4 is 10.2 Å². The molecule has 0 saturated carbocycles. The quantitative estimate of drug-likeness (QED) is 0.666. The van der Waals surface area contributed by atoms with Gasteiger partial charge in [0.05, 0.1) is 0 Å². The van der Waals surface area contributed by atoms with Crippen molar-refractivity contribution in [2.24, 2.45) is 0 Å². The minimum absolute atomic E-state index is 0.0293. The van der Waals surface area contributed by atoms with Gasteiger partial charge in [0.15, 0.2) is 0 Å². The number of carbonyl (C=O) groups is 1. The van der Waals surface area contributed by atoms with E-state index in [1.807, 2.05) is 42.5 Å². The summed E-state index contributed by atoms with van der Waals surface area (Å²) in [7, 11) is 0. The summed E-state index contributed by atoms with van der Waals surface area (Å²) in [4.78, 5) is 23.6. The van der Waals surface area contributed by atoms with E-state index in [0.717, 1.165) is 24.5 Å².